The van der Waals surface area contributed by atoms with E-state index in [0.717, 1.165) is 55.9 Å². The van der Waals surface area contributed by atoms with Crippen molar-refractivity contribution in [1.82, 2.24) is 15.5 Å². The quantitative estimate of drug-likeness (QED) is 0.147. The molecule has 222 valence electrons. The van der Waals surface area contributed by atoms with Crippen molar-refractivity contribution in [2.75, 3.05) is 32.1 Å². The van der Waals surface area contributed by atoms with Gasteiger partial charge >= 0.3 is 0 Å². The van der Waals surface area contributed by atoms with Gasteiger partial charge in [-0.3, -0.25) is 4.99 Å². The van der Waals surface area contributed by atoms with Crippen LogP contribution in [0.15, 0.2) is 36.1 Å². The number of nitrogens with two attached hydrogens (primary N) is 1. The van der Waals surface area contributed by atoms with Gasteiger partial charge in [-0.15, -0.1) is 5.10 Å². The Balaban J connectivity index is -0.00000119. The summed E-state index contributed by atoms with van der Waals surface area (Å²) in [6.07, 6.45) is 13.4. The van der Waals surface area contributed by atoms with Crippen LogP contribution in [0.3, 0.4) is 0 Å². The van der Waals surface area contributed by atoms with Gasteiger partial charge in [0.15, 0.2) is 0 Å². The van der Waals surface area contributed by atoms with Crippen LogP contribution in [-0.2, 0) is 4.74 Å². The highest BCUT2D eigenvalue weighted by atomic mass is 16.5. The van der Waals surface area contributed by atoms with Crippen molar-refractivity contribution in [1.29, 1.82) is 0 Å². The van der Waals surface area contributed by atoms with Crippen molar-refractivity contribution in [3.63, 3.8) is 0 Å². The number of unbranched alkanes of at least 4 members (excludes halogenated alkanes) is 1. The van der Waals surface area contributed by atoms with Gasteiger partial charge in [0.05, 0.1) is 18.8 Å². The van der Waals surface area contributed by atoms with Gasteiger partial charge in [-0.05, 0) is 49.1 Å². The van der Waals surface area contributed by atoms with Crippen LogP contribution in [0.25, 0.3) is 5.57 Å². The lowest BCUT2D eigenvalue weighted by molar-refractivity contribution is 0.207. The predicted molar refractivity (Wildman–Crippen MR) is 171 cm³/mol. The minimum atomic E-state index is 0.333. The lowest BCUT2D eigenvalue weighted by Crippen LogP contribution is -2.19. The van der Waals surface area contributed by atoms with Crippen LogP contribution in [0.5, 0.6) is 0 Å². The zero-order valence-corrected chi connectivity index (χ0v) is 26.6. The summed E-state index contributed by atoms with van der Waals surface area (Å²) < 4.78 is 4.57. The van der Waals surface area contributed by atoms with Gasteiger partial charge in [-0.1, -0.05) is 94.6 Å². The number of allylic oxidation sites excluding steroid dienone is 1. The zero-order chi connectivity index (χ0) is 29.6. The smallest absolute Gasteiger partial charge is 0.149 e. The van der Waals surface area contributed by atoms with Gasteiger partial charge in [-0.25, -0.2) is 0 Å². The van der Waals surface area contributed by atoms with Crippen LogP contribution in [0.2, 0.25) is 0 Å². The molecule has 2 unspecified atom stereocenters. The van der Waals surface area contributed by atoms with Crippen LogP contribution in [0.1, 0.15) is 113 Å². The van der Waals surface area contributed by atoms with E-state index in [4.69, 9.17) is 10.7 Å². The van der Waals surface area contributed by atoms with E-state index < -0.39 is 0 Å². The molecule has 1 rings (SSSR count). The summed E-state index contributed by atoms with van der Waals surface area (Å²) in [5.74, 6) is 2.31. The fraction of sp³-hybridized carbons (Fsp3) is 0.710. The molecule has 38 heavy (non-hydrogen) atoms. The number of aliphatic imine (C=N–C) groups is 1. The fourth-order valence-electron chi connectivity index (χ4n) is 3.12. The Morgan fingerprint density at radius 2 is 1.82 bits per heavy atom. The second-order valence-electron chi connectivity index (χ2n) is 8.49. The Morgan fingerprint density at radius 1 is 1.13 bits per heavy atom. The van der Waals surface area contributed by atoms with Crippen LogP contribution in [-0.4, -0.2) is 48.9 Å². The Labute approximate surface area is 236 Å². The molecule has 0 aliphatic carbocycles. The third-order valence-electron chi connectivity index (χ3n) is 5.44. The third-order valence-corrected chi connectivity index (χ3v) is 5.44. The highest BCUT2D eigenvalue weighted by molar-refractivity contribution is 6.00. The predicted octanol–water partition coefficient (Wildman–Crippen LogP) is 7.86. The molecular weight excluding hydrogens is 472 g/mol. The van der Waals surface area contributed by atoms with E-state index in [1.807, 2.05) is 33.9 Å². The molecular formula is C31H62N6O. The van der Waals surface area contributed by atoms with E-state index in [-0.39, 0.29) is 0 Å². The van der Waals surface area contributed by atoms with Crippen molar-refractivity contribution in [3.05, 3.63) is 36.7 Å². The zero-order valence-electron chi connectivity index (χ0n) is 26.6. The molecule has 0 saturated heterocycles. The summed E-state index contributed by atoms with van der Waals surface area (Å²) >= 11 is 0. The lowest BCUT2D eigenvalue weighted by atomic mass is 10.0. The van der Waals surface area contributed by atoms with Crippen LogP contribution < -0.4 is 16.4 Å². The van der Waals surface area contributed by atoms with E-state index in [0.29, 0.717) is 25.1 Å². The molecule has 0 fully saturated rings. The van der Waals surface area contributed by atoms with Crippen LogP contribution in [0.4, 0.5) is 5.82 Å². The van der Waals surface area contributed by atoms with E-state index in [1.165, 1.54) is 18.4 Å². The normalized spacial score (nSPS) is 12.4. The molecule has 0 saturated carbocycles. The van der Waals surface area contributed by atoms with Crippen molar-refractivity contribution in [3.8, 4) is 0 Å². The first-order valence-corrected chi connectivity index (χ1v) is 14.9. The Kier molecular flexibility index (Phi) is 32.8. The third kappa shape index (κ3) is 21.8. The van der Waals surface area contributed by atoms with Gasteiger partial charge in [0.2, 0.25) is 0 Å². The van der Waals surface area contributed by atoms with Crippen molar-refractivity contribution in [2.45, 2.75) is 113 Å². The lowest BCUT2D eigenvalue weighted by Gasteiger charge is -2.14. The first-order chi connectivity index (χ1) is 18.5. The number of aromatic nitrogens is 2. The Hall–Kier alpha value is -2.25. The van der Waals surface area contributed by atoms with E-state index in [2.05, 4.69) is 78.9 Å². The summed E-state index contributed by atoms with van der Waals surface area (Å²) in [5.41, 5.74) is 7.32. The van der Waals surface area contributed by atoms with Gasteiger partial charge in [0.25, 0.3) is 0 Å². The number of nitrogens with zero attached hydrogens (tertiary/aromatic N) is 3. The SMILES string of the molecule is C=CNC(/C=C(\CCC)c1cnnc(NCC(C)CC)c1)=NC(CC)CCCC.CC.CC.COCCN. The molecule has 0 aliphatic rings. The average molecular weight is 535 g/mol. The first-order valence-electron chi connectivity index (χ1n) is 14.9. The summed E-state index contributed by atoms with van der Waals surface area (Å²) in [7, 11) is 1.63. The van der Waals surface area contributed by atoms with Crippen molar-refractivity contribution >= 4 is 17.2 Å². The number of hydrogen-bond donors (Lipinski definition) is 3. The van der Waals surface area contributed by atoms with Gasteiger partial charge in [0.1, 0.15) is 11.7 Å². The average Bonchev–Trinajstić information content (AvgIpc) is 2.96. The summed E-state index contributed by atoms with van der Waals surface area (Å²) in [5, 5.41) is 15.1. The molecule has 7 heteroatoms. The standard InChI is InChI=1S/C24H41N5.C3H9NO.2C2H6/c1-7-12-14-22(10-4)28-23(25-11-5)15-20(13-8-2)21-16-24(29-27-18-21)26-17-19(6)9-3;1-5-3-2-4;2*1-2/h11,15-16,18-19,22H,5,7-10,12-14,17H2,1-4,6H3,(H,25,28)(H,26,29);2-4H2,1H3;2*1-2H3/b20-15+;;;. The molecule has 1 heterocycles. The molecule has 0 aromatic carbocycles. The first kappa shape index (κ1) is 40.2. The number of ether oxygens (including phenoxy) is 1. The molecule has 0 amide bonds. The molecule has 0 radical (unpaired) electrons. The van der Waals surface area contributed by atoms with Crippen molar-refractivity contribution < 1.29 is 4.74 Å². The molecule has 1 aromatic rings. The number of nitrogens with one attached hydrogen (secondary N) is 2. The monoisotopic (exact) mass is 534 g/mol. The molecule has 7 nitrogen and oxygen atoms in total. The minimum absolute atomic E-state index is 0.333. The molecule has 0 spiro atoms. The second kappa shape index (κ2) is 31.0. The largest absolute Gasteiger partial charge is 0.383 e. The Bertz CT molecular complexity index is 703. The number of rotatable bonds is 16. The van der Waals surface area contributed by atoms with Crippen LogP contribution >= 0.6 is 0 Å². The molecule has 0 bridgehead atoms. The Morgan fingerprint density at radius 3 is 2.29 bits per heavy atom. The number of hydrogen-bond acceptors (Lipinski definition) is 6. The fourth-order valence-corrected chi connectivity index (χ4v) is 3.12. The maximum atomic E-state index is 5.01. The summed E-state index contributed by atoms with van der Waals surface area (Å²) in [6, 6.07) is 2.43. The van der Waals surface area contributed by atoms with E-state index in [1.54, 1.807) is 13.3 Å². The number of anilines is 1. The topological polar surface area (TPSA) is 97.5 Å². The molecule has 0 aliphatic heterocycles. The highest BCUT2D eigenvalue weighted by Crippen LogP contribution is 2.22. The van der Waals surface area contributed by atoms with Gasteiger partial charge in [0, 0.05) is 25.8 Å². The highest BCUT2D eigenvalue weighted by Gasteiger charge is 2.09. The second-order valence-corrected chi connectivity index (χ2v) is 8.49. The van der Waals surface area contributed by atoms with Gasteiger partial charge < -0.3 is 21.1 Å². The van der Waals surface area contributed by atoms with Crippen LogP contribution in [0, 0.1) is 5.92 Å². The maximum Gasteiger partial charge on any atom is 0.149 e. The molecule has 1 aromatic heterocycles. The van der Waals surface area contributed by atoms with E-state index >= 15 is 0 Å². The number of amidine groups is 1. The summed E-state index contributed by atoms with van der Waals surface area (Å²) in [6.45, 7) is 25.1. The molecule has 4 N–H and O–H groups in total. The maximum absolute atomic E-state index is 5.01. The number of methoxy groups -OCH3 is 1. The molecule has 2 atom stereocenters. The van der Waals surface area contributed by atoms with Crippen molar-refractivity contribution in [2.24, 2.45) is 16.6 Å². The summed E-state index contributed by atoms with van der Waals surface area (Å²) in [4.78, 5) is 4.97. The minimum Gasteiger partial charge on any atom is -0.383 e. The van der Waals surface area contributed by atoms with Gasteiger partial charge in [-0.2, -0.15) is 5.10 Å². The van der Waals surface area contributed by atoms with E-state index in [9.17, 15) is 0 Å².